The van der Waals surface area contributed by atoms with Crippen LogP contribution in [0, 0.1) is 0 Å². The van der Waals surface area contributed by atoms with Crippen molar-refractivity contribution >= 4 is 22.7 Å². The fourth-order valence-electron chi connectivity index (χ4n) is 3.74. The summed E-state index contributed by atoms with van der Waals surface area (Å²) in [5.74, 6) is 0. The highest BCUT2D eigenvalue weighted by molar-refractivity contribution is 5.95. The van der Waals surface area contributed by atoms with Crippen LogP contribution < -0.4 is 10.6 Å². The van der Waals surface area contributed by atoms with Crippen LogP contribution in [0.15, 0.2) is 24.4 Å². The zero-order chi connectivity index (χ0) is 22.1. The van der Waals surface area contributed by atoms with Crippen LogP contribution >= 0.6 is 0 Å². The van der Waals surface area contributed by atoms with E-state index in [-0.39, 0.29) is 12.6 Å². The third kappa shape index (κ3) is 6.94. The average molecular weight is 418 g/mol. The summed E-state index contributed by atoms with van der Waals surface area (Å²) in [5, 5.41) is 17.1. The minimum atomic E-state index is -0.559. The number of carbonyl (C=O) groups is 1. The summed E-state index contributed by atoms with van der Waals surface area (Å²) in [7, 11) is 1.94. The predicted molar refractivity (Wildman–Crippen MR) is 124 cm³/mol. The Hall–Kier alpha value is -2.21. The third-order valence-electron chi connectivity index (χ3n) is 5.21. The Morgan fingerprint density at radius 2 is 2.00 bits per heavy atom. The molecule has 0 aliphatic carbocycles. The molecule has 0 radical (unpaired) electrons. The minimum absolute atomic E-state index is 0.117. The van der Waals surface area contributed by atoms with Gasteiger partial charge < -0.3 is 25.0 Å². The standard InChI is InChI=1S/C24H39N3O3/c1-6-7-8-9-15-27-16-18(22-20(25-5)11-10-12-21(22)27)13-14-19(17-28)26-23(29)30-24(2,3)4/h10-12,16,19,25,28H,6-9,13-15,17H2,1-5H3,(H,26,29)/t19-/m0/s1. The Balaban J connectivity index is 2.14. The Morgan fingerprint density at radius 3 is 2.63 bits per heavy atom. The van der Waals surface area contributed by atoms with E-state index in [9.17, 15) is 9.90 Å². The Morgan fingerprint density at radius 1 is 1.23 bits per heavy atom. The number of alkyl carbamates (subject to hydrolysis) is 1. The topological polar surface area (TPSA) is 75.5 Å². The first-order valence-corrected chi connectivity index (χ1v) is 11.2. The number of nitrogens with one attached hydrogen (secondary N) is 2. The molecule has 0 fully saturated rings. The number of nitrogens with zero attached hydrogens (tertiary/aromatic N) is 1. The number of carbonyl (C=O) groups excluding carboxylic acids is 1. The molecule has 0 saturated heterocycles. The number of hydrogen-bond acceptors (Lipinski definition) is 4. The lowest BCUT2D eigenvalue weighted by Crippen LogP contribution is -2.41. The van der Waals surface area contributed by atoms with Crippen LogP contribution in [0.2, 0.25) is 0 Å². The molecule has 0 bridgehead atoms. The van der Waals surface area contributed by atoms with Gasteiger partial charge in [-0.2, -0.15) is 0 Å². The van der Waals surface area contributed by atoms with E-state index >= 15 is 0 Å². The monoisotopic (exact) mass is 417 g/mol. The highest BCUT2D eigenvalue weighted by Gasteiger charge is 2.20. The van der Waals surface area contributed by atoms with Gasteiger partial charge in [0.05, 0.1) is 18.2 Å². The first-order chi connectivity index (χ1) is 14.3. The van der Waals surface area contributed by atoms with Gasteiger partial charge in [-0.25, -0.2) is 4.79 Å². The van der Waals surface area contributed by atoms with E-state index in [1.165, 1.54) is 42.1 Å². The summed E-state index contributed by atoms with van der Waals surface area (Å²) in [4.78, 5) is 12.1. The van der Waals surface area contributed by atoms with E-state index < -0.39 is 11.7 Å². The first-order valence-electron chi connectivity index (χ1n) is 11.2. The summed E-state index contributed by atoms with van der Waals surface area (Å²) < 4.78 is 7.67. The van der Waals surface area contributed by atoms with E-state index in [1.54, 1.807) is 0 Å². The van der Waals surface area contributed by atoms with Crippen molar-refractivity contribution in [3.05, 3.63) is 30.0 Å². The van der Waals surface area contributed by atoms with Crippen LogP contribution in [0.3, 0.4) is 0 Å². The molecule has 1 heterocycles. The second kappa shape index (κ2) is 11.3. The van der Waals surface area contributed by atoms with Crippen molar-refractivity contribution in [2.45, 2.75) is 84.4 Å². The highest BCUT2D eigenvalue weighted by Crippen LogP contribution is 2.30. The van der Waals surface area contributed by atoms with Gasteiger partial charge in [0, 0.05) is 30.9 Å². The Kier molecular flexibility index (Phi) is 9.03. The van der Waals surface area contributed by atoms with E-state index in [2.05, 4.69) is 46.5 Å². The molecule has 0 aliphatic rings. The molecule has 6 heteroatoms. The molecule has 1 atom stereocenters. The number of aryl methyl sites for hydroxylation is 2. The van der Waals surface area contributed by atoms with Crippen molar-refractivity contribution < 1.29 is 14.6 Å². The number of fused-ring (bicyclic) bond motifs is 1. The van der Waals surface area contributed by atoms with Gasteiger partial charge >= 0.3 is 6.09 Å². The number of aliphatic hydroxyl groups is 1. The van der Waals surface area contributed by atoms with Gasteiger partial charge in [-0.05, 0) is 57.7 Å². The van der Waals surface area contributed by atoms with Crippen LogP contribution in [-0.4, -0.2) is 41.1 Å². The number of ether oxygens (including phenoxy) is 1. The van der Waals surface area contributed by atoms with Crippen LogP contribution in [0.4, 0.5) is 10.5 Å². The summed E-state index contributed by atoms with van der Waals surface area (Å²) in [6.07, 6.45) is 8.05. The predicted octanol–water partition coefficient (Wildman–Crippen LogP) is 5.08. The van der Waals surface area contributed by atoms with Crippen molar-refractivity contribution in [3.8, 4) is 0 Å². The molecule has 168 valence electrons. The maximum atomic E-state index is 12.1. The summed E-state index contributed by atoms with van der Waals surface area (Å²) in [5.41, 5.74) is 3.01. The van der Waals surface area contributed by atoms with Crippen molar-refractivity contribution in [1.82, 2.24) is 9.88 Å². The smallest absolute Gasteiger partial charge is 0.407 e. The first kappa shape index (κ1) is 24.1. The van der Waals surface area contributed by atoms with Crippen LogP contribution in [0.5, 0.6) is 0 Å². The summed E-state index contributed by atoms with van der Waals surface area (Å²) in [6.45, 7) is 8.60. The number of anilines is 1. The van der Waals surface area contributed by atoms with Gasteiger partial charge in [0.15, 0.2) is 0 Å². The molecule has 6 nitrogen and oxygen atoms in total. The van der Waals surface area contributed by atoms with E-state index in [1.807, 2.05) is 27.8 Å². The van der Waals surface area contributed by atoms with E-state index in [4.69, 9.17) is 4.74 Å². The lowest BCUT2D eigenvalue weighted by atomic mass is 10.0. The normalized spacial score (nSPS) is 12.7. The van der Waals surface area contributed by atoms with Gasteiger partial charge in [0.1, 0.15) is 5.60 Å². The maximum absolute atomic E-state index is 12.1. The van der Waals surface area contributed by atoms with Crippen molar-refractivity contribution in [2.75, 3.05) is 19.0 Å². The highest BCUT2D eigenvalue weighted by atomic mass is 16.6. The van der Waals surface area contributed by atoms with E-state index in [0.717, 1.165) is 18.7 Å². The molecule has 0 unspecified atom stereocenters. The molecule has 0 spiro atoms. The number of hydrogen-bond donors (Lipinski definition) is 3. The van der Waals surface area contributed by atoms with Crippen LogP contribution in [0.25, 0.3) is 10.9 Å². The molecule has 0 aliphatic heterocycles. The lowest BCUT2D eigenvalue weighted by molar-refractivity contribution is 0.0479. The maximum Gasteiger partial charge on any atom is 0.407 e. The van der Waals surface area contributed by atoms with Crippen LogP contribution in [0.1, 0.15) is 65.4 Å². The molecule has 1 aromatic carbocycles. The molecule has 1 aromatic heterocycles. The number of aromatic nitrogens is 1. The Labute approximate surface area is 181 Å². The van der Waals surface area contributed by atoms with Crippen LogP contribution in [-0.2, 0) is 17.7 Å². The van der Waals surface area contributed by atoms with Gasteiger partial charge in [-0.3, -0.25) is 0 Å². The molecular formula is C24H39N3O3. The minimum Gasteiger partial charge on any atom is -0.444 e. The van der Waals surface area contributed by atoms with Crippen molar-refractivity contribution in [1.29, 1.82) is 0 Å². The number of benzene rings is 1. The summed E-state index contributed by atoms with van der Waals surface area (Å²) >= 11 is 0. The molecular weight excluding hydrogens is 378 g/mol. The second-order valence-electron chi connectivity index (χ2n) is 8.92. The van der Waals surface area contributed by atoms with Gasteiger partial charge in [0.2, 0.25) is 0 Å². The fourth-order valence-corrected chi connectivity index (χ4v) is 3.74. The summed E-state index contributed by atoms with van der Waals surface area (Å²) in [6, 6.07) is 6.00. The van der Waals surface area contributed by atoms with Gasteiger partial charge in [-0.1, -0.05) is 32.3 Å². The van der Waals surface area contributed by atoms with Crippen molar-refractivity contribution in [3.63, 3.8) is 0 Å². The fraction of sp³-hybridized carbons (Fsp3) is 0.625. The second-order valence-corrected chi connectivity index (χ2v) is 8.92. The third-order valence-corrected chi connectivity index (χ3v) is 5.21. The quantitative estimate of drug-likeness (QED) is 0.446. The van der Waals surface area contributed by atoms with Gasteiger partial charge in [-0.15, -0.1) is 0 Å². The van der Waals surface area contributed by atoms with E-state index in [0.29, 0.717) is 6.42 Å². The number of unbranched alkanes of at least 4 members (excludes halogenated alkanes) is 3. The zero-order valence-corrected chi connectivity index (χ0v) is 19.3. The largest absolute Gasteiger partial charge is 0.444 e. The number of aliphatic hydroxyl groups excluding tert-OH is 1. The zero-order valence-electron chi connectivity index (χ0n) is 19.3. The molecule has 1 amide bonds. The molecule has 30 heavy (non-hydrogen) atoms. The van der Waals surface area contributed by atoms with Gasteiger partial charge in [0.25, 0.3) is 0 Å². The van der Waals surface area contributed by atoms with Crippen molar-refractivity contribution in [2.24, 2.45) is 0 Å². The lowest BCUT2D eigenvalue weighted by Gasteiger charge is -2.22. The number of rotatable bonds is 11. The molecule has 2 rings (SSSR count). The number of amides is 1. The molecule has 0 saturated carbocycles. The molecule has 3 N–H and O–H groups in total. The molecule has 2 aromatic rings. The average Bonchev–Trinajstić information content (AvgIpc) is 3.05. The SMILES string of the molecule is CCCCCCn1cc(CC[C@@H](CO)NC(=O)OC(C)(C)C)c2c(NC)cccc21. The Bertz CT molecular complexity index is 808.